The molecule has 0 spiro atoms. The summed E-state index contributed by atoms with van der Waals surface area (Å²) in [7, 11) is 0. The lowest BCUT2D eigenvalue weighted by Gasteiger charge is -2.24. The summed E-state index contributed by atoms with van der Waals surface area (Å²) in [6, 6.07) is 4.95. The molecule has 1 saturated heterocycles. The lowest BCUT2D eigenvalue weighted by molar-refractivity contribution is -0.149. The molecule has 8 heteroatoms. The van der Waals surface area contributed by atoms with Crippen molar-refractivity contribution in [2.24, 2.45) is 5.92 Å². The van der Waals surface area contributed by atoms with Crippen molar-refractivity contribution < 1.29 is 28.3 Å². The van der Waals surface area contributed by atoms with Gasteiger partial charge < -0.3 is 4.74 Å². The summed E-state index contributed by atoms with van der Waals surface area (Å²) in [5.74, 6) is -3.01. The number of ether oxygens (including phenoxy) is 1. The van der Waals surface area contributed by atoms with Gasteiger partial charge in [-0.25, -0.2) is 4.39 Å². The Bertz CT molecular complexity index is 734. The van der Waals surface area contributed by atoms with Gasteiger partial charge in [0.1, 0.15) is 16.7 Å². The number of esters is 1. The van der Waals surface area contributed by atoms with Crippen LogP contribution < -0.4 is 5.32 Å². The van der Waals surface area contributed by atoms with Crippen molar-refractivity contribution in [3.8, 4) is 0 Å². The second-order valence-corrected chi connectivity index (χ2v) is 7.07. The summed E-state index contributed by atoms with van der Waals surface area (Å²) in [6.07, 6.45) is -0.166. The molecule has 126 valence electrons. The molecule has 3 rings (SSSR count). The zero-order valence-electron chi connectivity index (χ0n) is 12.7. The van der Waals surface area contributed by atoms with Gasteiger partial charge in [0.05, 0.1) is 5.92 Å². The Labute approximate surface area is 141 Å². The Hall–Kier alpha value is -2.22. The number of rotatable bonds is 3. The van der Waals surface area contributed by atoms with Crippen LogP contribution in [-0.4, -0.2) is 33.7 Å². The van der Waals surface area contributed by atoms with Crippen LogP contribution in [0, 0.1) is 11.7 Å². The number of amides is 2. The molecule has 0 bridgehead atoms. The third kappa shape index (κ3) is 2.71. The Kier molecular flexibility index (Phi) is 4.16. The van der Waals surface area contributed by atoms with Crippen molar-refractivity contribution in [3.63, 3.8) is 0 Å². The maximum atomic E-state index is 13.0. The second-order valence-electron chi connectivity index (χ2n) is 5.77. The van der Waals surface area contributed by atoms with Gasteiger partial charge in [-0.1, -0.05) is 11.8 Å². The van der Waals surface area contributed by atoms with Crippen molar-refractivity contribution in [2.75, 3.05) is 0 Å². The minimum Gasteiger partial charge on any atom is -0.462 e. The van der Waals surface area contributed by atoms with Gasteiger partial charge in [0, 0.05) is 12.5 Å². The van der Waals surface area contributed by atoms with E-state index in [9.17, 15) is 23.6 Å². The lowest BCUT2D eigenvalue weighted by atomic mass is 9.96. The van der Waals surface area contributed by atoms with E-state index in [0.29, 0.717) is 6.42 Å². The highest BCUT2D eigenvalue weighted by Crippen LogP contribution is 2.51. The van der Waals surface area contributed by atoms with E-state index in [0.717, 1.165) is 23.9 Å². The smallest absolute Gasteiger partial charge is 0.302 e. The molecule has 24 heavy (non-hydrogen) atoms. The summed E-state index contributed by atoms with van der Waals surface area (Å²) < 4.78 is 16.8. The normalized spacial score (nSPS) is 28.4. The Morgan fingerprint density at radius 2 is 1.96 bits per heavy atom. The fraction of sp³-hybridized carbons (Fsp3) is 0.375. The van der Waals surface area contributed by atoms with E-state index >= 15 is 0 Å². The molecule has 0 aromatic heterocycles. The van der Waals surface area contributed by atoms with Gasteiger partial charge in [0.25, 0.3) is 0 Å². The quantitative estimate of drug-likeness (QED) is 0.655. The van der Waals surface area contributed by atoms with Crippen molar-refractivity contribution in [1.82, 2.24) is 5.32 Å². The molecule has 3 atom stereocenters. The van der Waals surface area contributed by atoms with E-state index in [-0.39, 0.29) is 12.0 Å². The average Bonchev–Trinajstić information content (AvgIpc) is 2.97. The highest BCUT2D eigenvalue weighted by Gasteiger charge is 2.64. The summed E-state index contributed by atoms with van der Waals surface area (Å²) in [6.45, 7) is 1.23. The summed E-state index contributed by atoms with van der Waals surface area (Å²) in [5, 5.41) is 1.79. The van der Waals surface area contributed by atoms with Crippen LogP contribution in [0.4, 0.5) is 4.39 Å². The number of fused-ring (bicyclic) bond motifs is 1. The van der Waals surface area contributed by atoms with E-state index in [1.165, 1.54) is 19.1 Å². The van der Waals surface area contributed by atoms with Crippen molar-refractivity contribution >= 4 is 34.7 Å². The third-order valence-corrected chi connectivity index (χ3v) is 5.68. The zero-order chi connectivity index (χ0) is 17.5. The maximum Gasteiger partial charge on any atom is 0.302 e. The number of thioether (sulfide) groups is 1. The minimum atomic E-state index is -1.29. The van der Waals surface area contributed by atoms with Gasteiger partial charge in [0.15, 0.2) is 0 Å². The molecule has 2 fully saturated rings. The first-order chi connectivity index (χ1) is 11.3. The van der Waals surface area contributed by atoms with E-state index in [2.05, 4.69) is 5.32 Å². The monoisotopic (exact) mass is 351 g/mol. The summed E-state index contributed by atoms with van der Waals surface area (Å²) >= 11 is 0.741. The predicted molar refractivity (Wildman–Crippen MR) is 82.5 cm³/mol. The van der Waals surface area contributed by atoms with Gasteiger partial charge in [-0.05, 0) is 37.1 Å². The van der Waals surface area contributed by atoms with E-state index in [4.69, 9.17) is 4.74 Å². The molecule has 1 aromatic carbocycles. The van der Waals surface area contributed by atoms with Crippen molar-refractivity contribution in [1.29, 1.82) is 0 Å². The average molecular weight is 351 g/mol. The van der Waals surface area contributed by atoms with Gasteiger partial charge in [0.2, 0.25) is 16.9 Å². The molecule has 1 heterocycles. The van der Waals surface area contributed by atoms with Crippen LogP contribution in [0.2, 0.25) is 0 Å². The van der Waals surface area contributed by atoms with Gasteiger partial charge in [-0.3, -0.25) is 24.5 Å². The number of hydrogen-bond donors (Lipinski definition) is 1. The first-order valence-electron chi connectivity index (χ1n) is 7.35. The molecule has 0 unspecified atom stereocenters. The summed E-state index contributed by atoms with van der Waals surface area (Å²) in [4.78, 5) is 48.1. The molecule has 1 saturated carbocycles. The van der Waals surface area contributed by atoms with Crippen LogP contribution in [0.1, 0.15) is 30.1 Å². The standard InChI is InChI=1S/C16H14FNO5S/c1-8(19)23-11-6-7-16(12(11)13(20)18-15(16)22)24-14(21)9-2-4-10(17)5-3-9/h2-5,11-12H,6-7H2,1H3,(H,18,20,22)/t11-,12-,16+/m0/s1. The fourth-order valence-corrected chi connectivity index (χ4v) is 4.56. The lowest BCUT2D eigenvalue weighted by Crippen LogP contribution is -2.39. The fourth-order valence-electron chi connectivity index (χ4n) is 3.22. The number of nitrogens with one attached hydrogen (secondary N) is 1. The largest absolute Gasteiger partial charge is 0.462 e. The SMILES string of the molecule is CC(=O)O[C@H]1CC[C@]2(SC(=O)c3ccc(F)cc3)C(=O)NC(=O)[C@H]12. The molecular weight excluding hydrogens is 337 g/mol. The first kappa shape index (κ1) is 16.6. The van der Waals surface area contributed by atoms with Crippen LogP contribution in [0.25, 0.3) is 0 Å². The van der Waals surface area contributed by atoms with Crippen molar-refractivity contribution in [2.45, 2.75) is 30.6 Å². The molecule has 0 radical (unpaired) electrons. The second kappa shape index (κ2) is 6.01. The molecule has 6 nitrogen and oxygen atoms in total. The van der Waals surface area contributed by atoms with Gasteiger partial charge >= 0.3 is 5.97 Å². The van der Waals surface area contributed by atoms with Crippen LogP contribution in [-0.2, 0) is 19.1 Å². The predicted octanol–water partition coefficient (Wildman–Crippen LogP) is 1.44. The van der Waals surface area contributed by atoms with Crippen molar-refractivity contribution in [3.05, 3.63) is 35.6 Å². The molecule has 1 aliphatic heterocycles. The molecule has 1 aliphatic carbocycles. The number of hydrogen-bond acceptors (Lipinski definition) is 6. The van der Waals surface area contributed by atoms with Gasteiger partial charge in [-0.15, -0.1) is 0 Å². The number of benzene rings is 1. The highest BCUT2D eigenvalue weighted by atomic mass is 32.2. The number of carbonyl (C=O) groups is 4. The Morgan fingerprint density at radius 1 is 1.29 bits per heavy atom. The maximum absolute atomic E-state index is 13.0. The van der Waals surface area contributed by atoms with Crippen LogP contribution in [0.5, 0.6) is 0 Å². The number of halogens is 1. The number of carbonyl (C=O) groups excluding carboxylic acids is 4. The molecule has 2 amide bonds. The van der Waals surface area contributed by atoms with Crippen LogP contribution >= 0.6 is 11.8 Å². The van der Waals surface area contributed by atoms with Crippen LogP contribution in [0.15, 0.2) is 24.3 Å². The molecule has 1 N–H and O–H groups in total. The van der Waals surface area contributed by atoms with E-state index in [1.54, 1.807) is 0 Å². The summed E-state index contributed by atoms with van der Waals surface area (Å²) in [5.41, 5.74) is 0.234. The first-order valence-corrected chi connectivity index (χ1v) is 8.16. The number of imide groups is 1. The molecule has 2 aliphatic rings. The minimum absolute atomic E-state index is 0.234. The van der Waals surface area contributed by atoms with E-state index in [1.807, 2.05) is 0 Å². The Balaban J connectivity index is 1.87. The molecule has 1 aromatic rings. The zero-order valence-corrected chi connectivity index (χ0v) is 13.5. The van der Waals surface area contributed by atoms with E-state index < -0.39 is 45.5 Å². The third-order valence-electron chi connectivity index (χ3n) is 4.25. The topological polar surface area (TPSA) is 89.5 Å². The molecular formula is C16H14FNO5S. The van der Waals surface area contributed by atoms with Gasteiger partial charge in [-0.2, -0.15) is 0 Å². The van der Waals surface area contributed by atoms with Crippen LogP contribution in [0.3, 0.4) is 0 Å². The Morgan fingerprint density at radius 3 is 2.58 bits per heavy atom. The highest BCUT2D eigenvalue weighted by molar-refractivity contribution is 8.16.